The molecule has 5 aromatic rings. The molecule has 0 heterocycles. The number of hydrogen-bond acceptors (Lipinski definition) is 0. The van der Waals surface area contributed by atoms with E-state index >= 15 is 0 Å². The zero-order valence-electron chi connectivity index (χ0n) is 30.2. The summed E-state index contributed by atoms with van der Waals surface area (Å²) < 4.78 is 1.11. The smallest absolute Gasteiger partial charge is 0.0677 e. The monoisotopic (exact) mass is 796 g/mol. The van der Waals surface area contributed by atoms with Crippen LogP contribution < -0.4 is 0 Å². The molecule has 0 aliphatic heterocycles. The van der Waals surface area contributed by atoms with Gasteiger partial charge in [-0.15, -0.1) is 0 Å². The van der Waals surface area contributed by atoms with Gasteiger partial charge < -0.3 is 0 Å². The number of hydrogen-bond donors (Lipinski definition) is 0. The van der Waals surface area contributed by atoms with Crippen molar-refractivity contribution in [3.63, 3.8) is 0 Å². The molecule has 7 rings (SSSR count). The number of fused-ring (bicyclic) bond motifs is 2. The molecule has 0 radical (unpaired) electrons. The van der Waals surface area contributed by atoms with E-state index in [0.717, 1.165) is 23.7 Å². The van der Waals surface area contributed by atoms with Gasteiger partial charge in [0.05, 0.1) is 5.41 Å². The minimum absolute atomic E-state index is 0.287. The molecule has 0 saturated carbocycles. The van der Waals surface area contributed by atoms with Crippen LogP contribution in [0.4, 0.5) is 0 Å². The van der Waals surface area contributed by atoms with Crippen LogP contribution in [0.5, 0.6) is 0 Å². The lowest BCUT2D eigenvalue weighted by atomic mass is 9.65. The van der Waals surface area contributed by atoms with E-state index < -0.39 is 5.41 Å². The van der Waals surface area contributed by atoms with Gasteiger partial charge in [-0.3, -0.25) is 0 Å². The van der Waals surface area contributed by atoms with Crippen molar-refractivity contribution in [3.05, 3.63) is 171 Å². The molecule has 0 amide bonds. The van der Waals surface area contributed by atoms with Gasteiger partial charge in [-0.25, -0.2) is 0 Å². The predicted molar refractivity (Wildman–Crippen MR) is 227 cm³/mol. The molecule has 0 spiro atoms. The van der Waals surface area contributed by atoms with Crippen molar-refractivity contribution in [3.8, 4) is 22.3 Å². The fraction of sp³-hybridized carbons (Fsp3) is 0.306. The predicted octanol–water partition coefficient (Wildman–Crippen LogP) is 14.9. The molecule has 0 aromatic heterocycles. The fourth-order valence-electron chi connectivity index (χ4n) is 8.44. The van der Waals surface area contributed by atoms with Crippen molar-refractivity contribution in [2.75, 3.05) is 0 Å². The molecule has 260 valence electrons. The first-order valence-electron chi connectivity index (χ1n) is 19.3. The van der Waals surface area contributed by atoms with Crippen molar-refractivity contribution in [2.45, 2.75) is 94.7 Å². The first-order valence-corrected chi connectivity index (χ1v) is 21.0. The van der Waals surface area contributed by atoms with Crippen LogP contribution in [0.3, 0.4) is 0 Å². The summed E-state index contributed by atoms with van der Waals surface area (Å²) >= 11 is 7.92. The third kappa shape index (κ3) is 7.56. The molecule has 0 N–H and O–H groups in total. The minimum atomic E-state index is -0.435. The number of aryl methyl sites for hydroxylation is 2. The third-order valence-corrected chi connectivity index (χ3v) is 12.3. The lowest BCUT2D eigenvalue weighted by Gasteiger charge is -2.37. The highest BCUT2D eigenvalue weighted by atomic mass is 79.9. The van der Waals surface area contributed by atoms with Gasteiger partial charge in [0, 0.05) is 9.30 Å². The summed E-state index contributed by atoms with van der Waals surface area (Å²) in [5, 5.41) is 0. The Morgan fingerprint density at radius 1 is 0.588 bits per heavy atom. The summed E-state index contributed by atoms with van der Waals surface area (Å²) in [6.45, 7) is 4.56. The fourth-order valence-corrected chi connectivity index (χ4v) is 9.27. The van der Waals surface area contributed by atoms with Gasteiger partial charge >= 0.3 is 0 Å². The number of alkyl halides is 1. The lowest BCUT2D eigenvalue weighted by Crippen LogP contribution is -2.31. The van der Waals surface area contributed by atoms with Crippen LogP contribution in [0.2, 0.25) is 0 Å². The van der Waals surface area contributed by atoms with E-state index in [1.165, 1.54) is 118 Å². The molecular weight excluding hydrogens is 748 g/mol. The Balaban J connectivity index is 1.33. The Morgan fingerprint density at radius 2 is 1.14 bits per heavy atom. The van der Waals surface area contributed by atoms with Crippen molar-refractivity contribution < 1.29 is 0 Å². The Hall–Kier alpha value is -3.46. The average Bonchev–Trinajstić information content (AvgIpc) is 3.45. The van der Waals surface area contributed by atoms with Crippen LogP contribution in [-0.2, 0) is 18.3 Å². The molecule has 0 fully saturated rings. The maximum atomic E-state index is 4.02. The van der Waals surface area contributed by atoms with E-state index in [-0.39, 0.29) is 4.83 Å². The van der Waals surface area contributed by atoms with Gasteiger partial charge in [0.25, 0.3) is 0 Å². The normalized spacial score (nSPS) is 16.0. The summed E-state index contributed by atoms with van der Waals surface area (Å²) in [5.41, 5.74) is 15.7. The van der Waals surface area contributed by atoms with Gasteiger partial charge in [0.1, 0.15) is 0 Å². The van der Waals surface area contributed by atoms with E-state index in [1.54, 1.807) is 0 Å². The second-order valence-corrected chi connectivity index (χ2v) is 16.7. The summed E-state index contributed by atoms with van der Waals surface area (Å²) in [4.78, 5) is 0.287. The van der Waals surface area contributed by atoms with Crippen LogP contribution in [-0.4, -0.2) is 4.83 Å². The number of halogens is 2. The van der Waals surface area contributed by atoms with Gasteiger partial charge in [-0.2, -0.15) is 0 Å². The van der Waals surface area contributed by atoms with E-state index in [9.17, 15) is 0 Å². The van der Waals surface area contributed by atoms with E-state index in [4.69, 9.17) is 0 Å². The zero-order chi connectivity index (χ0) is 35.2. The Labute approximate surface area is 323 Å². The molecule has 2 aliphatic rings. The van der Waals surface area contributed by atoms with Gasteiger partial charge in [0.15, 0.2) is 0 Å². The van der Waals surface area contributed by atoms with Crippen LogP contribution in [0.15, 0.2) is 137 Å². The van der Waals surface area contributed by atoms with Crippen LogP contribution in [0.25, 0.3) is 27.8 Å². The average molecular weight is 799 g/mol. The third-order valence-electron chi connectivity index (χ3n) is 11.1. The largest absolute Gasteiger partial charge is 0.0842 e. The van der Waals surface area contributed by atoms with Crippen LogP contribution >= 0.6 is 31.9 Å². The second-order valence-electron chi connectivity index (χ2n) is 14.6. The van der Waals surface area contributed by atoms with Crippen molar-refractivity contribution >= 4 is 37.4 Å². The number of allylic oxidation sites excluding steroid dienone is 4. The van der Waals surface area contributed by atoms with E-state index in [2.05, 4.69) is 173 Å². The zero-order valence-corrected chi connectivity index (χ0v) is 33.4. The highest BCUT2D eigenvalue weighted by molar-refractivity contribution is 9.10. The summed E-state index contributed by atoms with van der Waals surface area (Å²) in [6.07, 6.45) is 18.3. The standard InChI is InChI=1S/C49H50Br2/c1-3-5-7-9-13-35-19-23-37(24-20-35)39-15-11-17-41(31-39)49(47-33-43(50)27-29-45(47)46-30-28-44(51)34-48(46)49)42-18-12-16-40(32-42)38-25-21-36(22-26-38)14-10-8-6-4-2/h11-12,15-33,44H,3-10,13-14,34H2,1-2H3. The molecule has 1 atom stereocenters. The molecule has 0 bridgehead atoms. The minimum Gasteiger partial charge on any atom is -0.0842 e. The summed E-state index contributed by atoms with van der Waals surface area (Å²) in [7, 11) is 0. The number of unbranched alkanes of at least 4 members (excludes halogenated alkanes) is 6. The molecule has 0 nitrogen and oxygen atoms in total. The number of benzene rings is 5. The highest BCUT2D eigenvalue weighted by Crippen LogP contribution is 2.58. The molecular formula is C49H50Br2. The van der Waals surface area contributed by atoms with E-state index in [0.29, 0.717) is 0 Å². The Bertz CT molecular complexity index is 1910. The quantitative estimate of drug-likeness (QED) is 0.0775. The Kier molecular flexibility index (Phi) is 11.6. The molecule has 2 aliphatic carbocycles. The number of rotatable bonds is 14. The molecule has 5 aromatic carbocycles. The van der Waals surface area contributed by atoms with Crippen molar-refractivity contribution in [1.29, 1.82) is 0 Å². The molecule has 51 heavy (non-hydrogen) atoms. The highest BCUT2D eigenvalue weighted by Gasteiger charge is 2.48. The lowest BCUT2D eigenvalue weighted by molar-refractivity contribution is 0.667. The summed E-state index contributed by atoms with van der Waals surface area (Å²) in [6, 6.07) is 44.4. The van der Waals surface area contributed by atoms with Crippen molar-refractivity contribution in [2.24, 2.45) is 0 Å². The maximum Gasteiger partial charge on any atom is 0.0677 e. The van der Waals surface area contributed by atoms with Crippen LogP contribution in [0.1, 0.15) is 105 Å². The van der Waals surface area contributed by atoms with Crippen LogP contribution in [0, 0.1) is 0 Å². The van der Waals surface area contributed by atoms with Gasteiger partial charge in [0.2, 0.25) is 0 Å². The molecule has 2 heteroatoms. The first-order chi connectivity index (χ1) is 25.0. The SMILES string of the molecule is CCCCCCc1ccc(-c2cccc(C3(c4cccc(-c5ccc(CCCCCC)cc5)c4)C4=C(C=CC(Br)C4)c4ccc(Br)cc43)c2)cc1. The van der Waals surface area contributed by atoms with E-state index in [1.807, 2.05) is 0 Å². The van der Waals surface area contributed by atoms with Gasteiger partial charge in [-0.05, 0) is 123 Å². The molecule has 0 saturated heterocycles. The van der Waals surface area contributed by atoms with Gasteiger partial charge in [-0.1, -0.05) is 187 Å². The summed E-state index contributed by atoms with van der Waals surface area (Å²) in [5.74, 6) is 0. The van der Waals surface area contributed by atoms with Crippen molar-refractivity contribution in [1.82, 2.24) is 0 Å². The molecule has 1 unspecified atom stereocenters. The topological polar surface area (TPSA) is 0 Å². The first kappa shape index (κ1) is 35.9. The Morgan fingerprint density at radius 3 is 1.67 bits per heavy atom. The maximum absolute atomic E-state index is 4.02. The second kappa shape index (κ2) is 16.5.